The summed E-state index contributed by atoms with van der Waals surface area (Å²) in [7, 11) is 0. The molecule has 0 bridgehead atoms. The number of carbonyl (C=O) groups excluding carboxylic acids is 3. The van der Waals surface area contributed by atoms with Crippen molar-refractivity contribution in [3.05, 3.63) is 41.6 Å². The van der Waals surface area contributed by atoms with Crippen molar-refractivity contribution in [2.45, 2.75) is 6.92 Å². The average Bonchev–Trinajstić information content (AvgIpc) is 2.70. The molecule has 1 aromatic carbocycles. The van der Waals surface area contributed by atoms with E-state index < -0.39 is 5.91 Å². The molecule has 6 heteroatoms. The number of carbonyl (C=O) groups is 3. The molecule has 0 aromatic heterocycles. The van der Waals surface area contributed by atoms with Crippen LogP contribution in [0.4, 0.5) is 5.69 Å². The van der Waals surface area contributed by atoms with Crippen LogP contribution in [-0.2, 0) is 9.59 Å². The van der Waals surface area contributed by atoms with Crippen LogP contribution in [0.1, 0.15) is 17.3 Å². The quantitative estimate of drug-likeness (QED) is 0.825. The number of imide groups is 1. The van der Waals surface area contributed by atoms with Gasteiger partial charge < -0.3 is 11.1 Å². The van der Waals surface area contributed by atoms with Crippen LogP contribution < -0.4 is 11.1 Å². The van der Waals surface area contributed by atoms with E-state index in [2.05, 4.69) is 5.32 Å². The van der Waals surface area contributed by atoms with Gasteiger partial charge in [-0.15, -0.1) is 0 Å². The highest BCUT2D eigenvalue weighted by Gasteiger charge is 2.24. The summed E-state index contributed by atoms with van der Waals surface area (Å²) in [5.74, 6) is -1.17. The van der Waals surface area contributed by atoms with Gasteiger partial charge in [0.15, 0.2) is 0 Å². The number of nitrogens with one attached hydrogen (secondary N) is 1. The Kier molecular flexibility index (Phi) is 3.33. The van der Waals surface area contributed by atoms with Gasteiger partial charge in [-0.25, -0.2) is 0 Å². The van der Waals surface area contributed by atoms with Crippen molar-refractivity contribution >= 4 is 23.4 Å². The third-order valence-corrected chi connectivity index (χ3v) is 2.72. The number of rotatable bonds is 3. The Morgan fingerprint density at radius 1 is 1.37 bits per heavy atom. The zero-order valence-corrected chi connectivity index (χ0v) is 10.3. The van der Waals surface area contributed by atoms with Crippen LogP contribution in [0.2, 0.25) is 0 Å². The van der Waals surface area contributed by atoms with E-state index in [9.17, 15) is 14.4 Å². The zero-order valence-electron chi connectivity index (χ0n) is 10.3. The van der Waals surface area contributed by atoms with Crippen molar-refractivity contribution in [3.63, 3.8) is 0 Å². The van der Waals surface area contributed by atoms with Crippen LogP contribution in [-0.4, -0.2) is 29.2 Å². The Balaban J connectivity index is 2.13. The van der Waals surface area contributed by atoms with Gasteiger partial charge in [0.1, 0.15) is 0 Å². The molecule has 0 saturated heterocycles. The fourth-order valence-corrected chi connectivity index (χ4v) is 1.80. The summed E-state index contributed by atoms with van der Waals surface area (Å²) >= 11 is 0. The Morgan fingerprint density at radius 3 is 2.68 bits per heavy atom. The number of nitrogens with two attached hydrogens (primary N) is 1. The Bertz CT molecular complexity index is 593. The molecule has 0 unspecified atom stereocenters. The van der Waals surface area contributed by atoms with Crippen LogP contribution in [0, 0.1) is 0 Å². The molecule has 3 N–H and O–H groups in total. The first-order chi connectivity index (χ1) is 8.97. The Morgan fingerprint density at radius 2 is 2.11 bits per heavy atom. The molecule has 1 aliphatic heterocycles. The predicted molar refractivity (Wildman–Crippen MR) is 69.1 cm³/mol. The molecule has 2 rings (SSSR count). The summed E-state index contributed by atoms with van der Waals surface area (Å²) < 4.78 is 0. The van der Waals surface area contributed by atoms with Gasteiger partial charge in [-0.1, -0.05) is 6.07 Å². The summed E-state index contributed by atoms with van der Waals surface area (Å²) in [4.78, 5) is 34.9. The van der Waals surface area contributed by atoms with Gasteiger partial charge in [-0.3, -0.25) is 19.3 Å². The van der Waals surface area contributed by atoms with Crippen molar-refractivity contribution in [3.8, 4) is 0 Å². The second-order valence-corrected chi connectivity index (χ2v) is 4.18. The third kappa shape index (κ3) is 2.79. The molecular weight excluding hydrogens is 246 g/mol. The molecule has 98 valence electrons. The van der Waals surface area contributed by atoms with Crippen molar-refractivity contribution < 1.29 is 14.4 Å². The lowest BCUT2D eigenvalue weighted by Gasteiger charge is -2.12. The van der Waals surface area contributed by atoms with Crippen molar-refractivity contribution in [2.24, 2.45) is 5.73 Å². The molecular formula is C13H13N3O3. The lowest BCUT2D eigenvalue weighted by Crippen LogP contribution is -2.31. The molecule has 1 aliphatic rings. The number of nitrogens with zero attached hydrogens (tertiary/aromatic N) is 1. The van der Waals surface area contributed by atoms with Gasteiger partial charge in [-0.2, -0.15) is 0 Å². The highest BCUT2D eigenvalue weighted by atomic mass is 16.2. The number of anilines is 1. The average molecular weight is 259 g/mol. The highest BCUT2D eigenvalue weighted by molar-refractivity contribution is 6.03. The molecule has 3 amide bonds. The first-order valence-corrected chi connectivity index (χ1v) is 5.67. The van der Waals surface area contributed by atoms with Gasteiger partial charge in [0.2, 0.25) is 11.8 Å². The summed E-state index contributed by atoms with van der Waals surface area (Å²) in [6.07, 6.45) is 1.36. The minimum Gasteiger partial charge on any atom is -0.366 e. The van der Waals surface area contributed by atoms with Crippen molar-refractivity contribution in [1.82, 2.24) is 4.90 Å². The minimum atomic E-state index is -0.523. The molecule has 0 atom stereocenters. The normalized spacial score (nSPS) is 14.3. The number of hydrogen-bond donors (Lipinski definition) is 2. The van der Waals surface area contributed by atoms with E-state index in [4.69, 9.17) is 5.73 Å². The first kappa shape index (κ1) is 12.8. The number of benzene rings is 1. The van der Waals surface area contributed by atoms with Crippen LogP contribution in [0.5, 0.6) is 0 Å². The van der Waals surface area contributed by atoms with E-state index in [1.54, 1.807) is 24.3 Å². The maximum absolute atomic E-state index is 11.5. The van der Waals surface area contributed by atoms with E-state index >= 15 is 0 Å². The van der Waals surface area contributed by atoms with E-state index in [0.717, 1.165) is 4.90 Å². The van der Waals surface area contributed by atoms with E-state index in [1.165, 1.54) is 13.0 Å². The highest BCUT2D eigenvalue weighted by Crippen LogP contribution is 2.17. The fraction of sp³-hybridized carbons (Fsp3) is 0.154. The summed E-state index contributed by atoms with van der Waals surface area (Å²) in [5, 5.41) is 2.99. The molecule has 19 heavy (non-hydrogen) atoms. The number of primary amides is 1. The second kappa shape index (κ2) is 4.93. The van der Waals surface area contributed by atoms with Crippen molar-refractivity contribution in [1.29, 1.82) is 0 Å². The molecule has 1 aromatic rings. The summed E-state index contributed by atoms with van der Waals surface area (Å²) in [6, 6.07) is 6.62. The molecule has 0 fully saturated rings. The molecule has 0 spiro atoms. The lowest BCUT2D eigenvalue weighted by molar-refractivity contribution is -0.138. The van der Waals surface area contributed by atoms with Gasteiger partial charge in [0, 0.05) is 29.9 Å². The smallest absolute Gasteiger partial charge is 0.255 e. The van der Waals surface area contributed by atoms with Crippen LogP contribution >= 0.6 is 0 Å². The van der Waals surface area contributed by atoms with E-state index in [1.807, 2.05) is 0 Å². The van der Waals surface area contributed by atoms with E-state index in [0.29, 0.717) is 16.9 Å². The van der Waals surface area contributed by atoms with Gasteiger partial charge in [0.05, 0.1) is 6.54 Å². The maximum atomic E-state index is 11.5. The molecule has 6 nitrogen and oxygen atoms in total. The van der Waals surface area contributed by atoms with Gasteiger partial charge in [0.25, 0.3) is 5.91 Å². The SMILES string of the molecule is CC(=O)N1CC(Nc2cccc(C(N)=O)c2)=CC1=O. The van der Waals surface area contributed by atoms with Crippen LogP contribution in [0.15, 0.2) is 36.0 Å². The van der Waals surface area contributed by atoms with Crippen molar-refractivity contribution in [2.75, 3.05) is 11.9 Å². The summed E-state index contributed by atoms with van der Waals surface area (Å²) in [6.45, 7) is 1.54. The second-order valence-electron chi connectivity index (χ2n) is 4.18. The lowest BCUT2D eigenvalue weighted by atomic mass is 10.2. The molecule has 1 heterocycles. The monoisotopic (exact) mass is 259 g/mol. The third-order valence-electron chi connectivity index (χ3n) is 2.72. The zero-order chi connectivity index (χ0) is 14.0. The molecule has 0 radical (unpaired) electrons. The van der Waals surface area contributed by atoms with Gasteiger partial charge in [-0.05, 0) is 18.2 Å². The molecule has 0 saturated carbocycles. The van der Waals surface area contributed by atoms with E-state index in [-0.39, 0.29) is 18.4 Å². The minimum absolute atomic E-state index is 0.203. The summed E-state index contributed by atoms with van der Waals surface area (Å²) in [5.41, 5.74) is 6.80. The number of hydrogen-bond acceptors (Lipinski definition) is 4. The molecule has 0 aliphatic carbocycles. The van der Waals surface area contributed by atoms with Crippen LogP contribution in [0.3, 0.4) is 0 Å². The van der Waals surface area contributed by atoms with Gasteiger partial charge >= 0.3 is 0 Å². The fourth-order valence-electron chi connectivity index (χ4n) is 1.80. The first-order valence-electron chi connectivity index (χ1n) is 5.67. The largest absolute Gasteiger partial charge is 0.366 e. The predicted octanol–water partition coefficient (Wildman–Crippen LogP) is 0.470. The number of amides is 3. The van der Waals surface area contributed by atoms with Crippen LogP contribution in [0.25, 0.3) is 0 Å². The standard InChI is InChI=1S/C13H13N3O3/c1-8(17)16-7-11(6-12(16)18)15-10-4-2-3-9(5-10)13(14)19/h2-6,15H,7H2,1H3,(H2,14,19). The Labute approximate surface area is 109 Å². The topological polar surface area (TPSA) is 92.5 Å². The Hall–Kier alpha value is -2.63. The maximum Gasteiger partial charge on any atom is 0.255 e.